The standard InChI is InChI=1S/C22H23NO2/c1-16-11-13-18(14-12-16)15-23(3)22(24)17(2)25-21-10-6-8-19-7-4-5-9-20(19)21/h4-14,17H,15H2,1-3H3/t17-/m0/s1. The Morgan fingerprint density at radius 1 is 1.00 bits per heavy atom. The maximum absolute atomic E-state index is 12.7. The number of aryl methyl sites for hydroxylation is 1. The quantitative estimate of drug-likeness (QED) is 0.684. The monoisotopic (exact) mass is 333 g/mol. The van der Waals surface area contributed by atoms with Gasteiger partial charge < -0.3 is 9.64 Å². The Morgan fingerprint density at radius 3 is 2.44 bits per heavy atom. The zero-order valence-corrected chi connectivity index (χ0v) is 14.9. The van der Waals surface area contributed by atoms with Crippen LogP contribution >= 0.6 is 0 Å². The van der Waals surface area contributed by atoms with Gasteiger partial charge >= 0.3 is 0 Å². The molecule has 0 bridgehead atoms. The van der Waals surface area contributed by atoms with Gasteiger partial charge in [-0.1, -0.05) is 66.2 Å². The first-order valence-corrected chi connectivity index (χ1v) is 8.49. The van der Waals surface area contributed by atoms with Crippen LogP contribution in [0.5, 0.6) is 5.75 Å². The highest BCUT2D eigenvalue weighted by molar-refractivity contribution is 5.89. The van der Waals surface area contributed by atoms with Crippen LogP contribution in [0.4, 0.5) is 0 Å². The molecule has 0 aromatic heterocycles. The molecular weight excluding hydrogens is 310 g/mol. The number of rotatable bonds is 5. The summed E-state index contributed by atoms with van der Waals surface area (Å²) in [6.45, 7) is 4.43. The van der Waals surface area contributed by atoms with Crippen LogP contribution in [0.1, 0.15) is 18.1 Å². The zero-order valence-electron chi connectivity index (χ0n) is 14.9. The summed E-state index contributed by atoms with van der Waals surface area (Å²) in [5, 5.41) is 2.12. The molecule has 0 aliphatic carbocycles. The summed E-state index contributed by atoms with van der Waals surface area (Å²) in [6, 6.07) is 22.1. The summed E-state index contributed by atoms with van der Waals surface area (Å²) < 4.78 is 5.98. The van der Waals surface area contributed by atoms with Crippen molar-refractivity contribution in [2.24, 2.45) is 0 Å². The molecule has 0 spiro atoms. The minimum Gasteiger partial charge on any atom is -0.480 e. The predicted octanol–water partition coefficient (Wildman–Crippen LogP) is 4.57. The van der Waals surface area contributed by atoms with Gasteiger partial charge in [0.1, 0.15) is 5.75 Å². The molecule has 3 aromatic carbocycles. The molecule has 0 radical (unpaired) electrons. The van der Waals surface area contributed by atoms with E-state index in [2.05, 4.69) is 31.2 Å². The average Bonchev–Trinajstić information content (AvgIpc) is 2.63. The number of amides is 1. The van der Waals surface area contributed by atoms with Gasteiger partial charge in [-0.25, -0.2) is 0 Å². The molecule has 0 aliphatic heterocycles. The molecule has 0 fully saturated rings. The Kier molecular flexibility index (Phi) is 5.03. The van der Waals surface area contributed by atoms with Crippen LogP contribution < -0.4 is 4.74 Å². The number of ether oxygens (including phenoxy) is 1. The minimum absolute atomic E-state index is 0.0338. The number of hydrogen-bond acceptors (Lipinski definition) is 2. The molecule has 1 atom stereocenters. The molecule has 0 saturated heterocycles. The second kappa shape index (κ2) is 7.39. The average molecular weight is 333 g/mol. The summed E-state index contributed by atoms with van der Waals surface area (Å²) in [5.41, 5.74) is 2.32. The van der Waals surface area contributed by atoms with Crippen LogP contribution in [0.2, 0.25) is 0 Å². The van der Waals surface area contributed by atoms with Gasteiger partial charge in [0, 0.05) is 19.0 Å². The molecule has 3 nitrogen and oxygen atoms in total. The number of hydrogen-bond donors (Lipinski definition) is 0. The SMILES string of the molecule is Cc1ccc(CN(C)C(=O)[C@H](C)Oc2cccc3ccccc23)cc1. The smallest absolute Gasteiger partial charge is 0.263 e. The lowest BCUT2D eigenvalue weighted by Gasteiger charge is -2.23. The second-order valence-corrected chi connectivity index (χ2v) is 6.42. The normalized spacial score (nSPS) is 12.0. The number of fused-ring (bicyclic) bond motifs is 1. The molecule has 0 heterocycles. The van der Waals surface area contributed by atoms with Crippen molar-refractivity contribution >= 4 is 16.7 Å². The highest BCUT2D eigenvalue weighted by Crippen LogP contribution is 2.26. The van der Waals surface area contributed by atoms with E-state index >= 15 is 0 Å². The lowest BCUT2D eigenvalue weighted by atomic mass is 10.1. The topological polar surface area (TPSA) is 29.5 Å². The van der Waals surface area contributed by atoms with E-state index in [9.17, 15) is 4.79 Å². The van der Waals surface area contributed by atoms with Gasteiger partial charge in [0.25, 0.3) is 5.91 Å². The number of nitrogens with zero attached hydrogens (tertiary/aromatic N) is 1. The summed E-state index contributed by atoms with van der Waals surface area (Å²) in [7, 11) is 1.81. The molecule has 0 aliphatic rings. The van der Waals surface area contributed by atoms with E-state index in [1.807, 2.05) is 49.5 Å². The summed E-state index contributed by atoms with van der Waals surface area (Å²) >= 11 is 0. The Hall–Kier alpha value is -2.81. The lowest BCUT2D eigenvalue weighted by molar-refractivity contribution is -0.137. The summed E-state index contributed by atoms with van der Waals surface area (Å²) in [5.74, 6) is 0.705. The van der Waals surface area contributed by atoms with Crippen LogP contribution in [0, 0.1) is 6.92 Å². The van der Waals surface area contributed by atoms with Gasteiger partial charge in [-0.3, -0.25) is 4.79 Å². The Balaban J connectivity index is 1.70. The fraction of sp³-hybridized carbons (Fsp3) is 0.227. The number of carbonyl (C=O) groups excluding carboxylic acids is 1. The molecule has 0 saturated carbocycles. The molecule has 0 unspecified atom stereocenters. The molecule has 3 rings (SSSR count). The third kappa shape index (κ3) is 4.00. The Bertz CT molecular complexity index is 865. The van der Waals surface area contributed by atoms with E-state index in [-0.39, 0.29) is 5.91 Å². The van der Waals surface area contributed by atoms with E-state index in [4.69, 9.17) is 4.74 Å². The van der Waals surface area contributed by atoms with Crippen molar-refractivity contribution in [2.45, 2.75) is 26.5 Å². The third-order valence-electron chi connectivity index (χ3n) is 4.32. The molecule has 3 aromatic rings. The van der Waals surface area contributed by atoms with Gasteiger partial charge in [-0.05, 0) is 30.9 Å². The molecular formula is C22H23NO2. The molecule has 3 heteroatoms. The van der Waals surface area contributed by atoms with Crippen molar-refractivity contribution in [1.29, 1.82) is 0 Å². The van der Waals surface area contributed by atoms with Gasteiger partial charge in [0.2, 0.25) is 0 Å². The Morgan fingerprint density at radius 2 is 1.68 bits per heavy atom. The van der Waals surface area contributed by atoms with Crippen molar-refractivity contribution < 1.29 is 9.53 Å². The van der Waals surface area contributed by atoms with Crippen LogP contribution in [0.15, 0.2) is 66.7 Å². The predicted molar refractivity (Wildman–Crippen MR) is 102 cm³/mol. The van der Waals surface area contributed by atoms with Crippen molar-refractivity contribution in [3.8, 4) is 5.75 Å². The van der Waals surface area contributed by atoms with Crippen LogP contribution in [0.25, 0.3) is 10.8 Å². The molecule has 0 N–H and O–H groups in total. The summed E-state index contributed by atoms with van der Waals surface area (Å²) in [4.78, 5) is 14.4. The largest absolute Gasteiger partial charge is 0.480 e. The Labute approximate surface area is 148 Å². The maximum Gasteiger partial charge on any atom is 0.263 e. The van der Waals surface area contributed by atoms with Crippen molar-refractivity contribution in [3.63, 3.8) is 0 Å². The highest BCUT2D eigenvalue weighted by Gasteiger charge is 2.20. The van der Waals surface area contributed by atoms with Gasteiger partial charge in [0.15, 0.2) is 6.10 Å². The highest BCUT2D eigenvalue weighted by atomic mass is 16.5. The fourth-order valence-corrected chi connectivity index (χ4v) is 2.89. The second-order valence-electron chi connectivity index (χ2n) is 6.42. The number of carbonyl (C=O) groups is 1. The first-order valence-electron chi connectivity index (χ1n) is 8.49. The van der Waals surface area contributed by atoms with Gasteiger partial charge in [-0.15, -0.1) is 0 Å². The van der Waals surface area contributed by atoms with Crippen molar-refractivity contribution in [3.05, 3.63) is 77.9 Å². The van der Waals surface area contributed by atoms with E-state index in [0.717, 1.165) is 22.1 Å². The summed E-state index contributed by atoms with van der Waals surface area (Å²) in [6.07, 6.45) is -0.541. The van der Waals surface area contributed by atoms with Crippen LogP contribution in [0.3, 0.4) is 0 Å². The van der Waals surface area contributed by atoms with Gasteiger partial charge in [-0.2, -0.15) is 0 Å². The van der Waals surface area contributed by atoms with E-state index in [1.165, 1.54) is 5.56 Å². The van der Waals surface area contributed by atoms with Gasteiger partial charge in [0.05, 0.1) is 0 Å². The third-order valence-corrected chi connectivity index (χ3v) is 4.32. The maximum atomic E-state index is 12.7. The van der Waals surface area contributed by atoms with E-state index in [0.29, 0.717) is 6.54 Å². The first-order chi connectivity index (χ1) is 12.0. The first kappa shape index (κ1) is 17.0. The fourth-order valence-electron chi connectivity index (χ4n) is 2.89. The number of likely N-dealkylation sites (N-methyl/N-ethyl adjacent to an activating group) is 1. The lowest BCUT2D eigenvalue weighted by Crippen LogP contribution is -2.37. The minimum atomic E-state index is -0.541. The zero-order chi connectivity index (χ0) is 17.8. The molecule has 1 amide bonds. The van der Waals surface area contributed by atoms with Crippen molar-refractivity contribution in [2.75, 3.05) is 7.05 Å². The van der Waals surface area contributed by atoms with Crippen molar-refractivity contribution in [1.82, 2.24) is 4.90 Å². The molecule has 25 heavy (non-hydrogen) atoms. The van der Waals surface area contributed by atoms with Crippen LogP contribution in [-0.2, 0) is 11.3 Å². The van der Waals surface area contributed by atoms with E-state index in [1.54, 1.807) is 11.8 Å². The molecule has 128 valence electrons. The number of benzene rings is 3. The van der Waals surface area contributed by atoms with E-state index < -0.39 is 6.10 Å². The van der Waals surface area contributed by atoms with Crippen LogP contribution in [-0.4, -0.2) is 24.0 Å².